The van der Waals surface area contributed by atoms with Crippen LogP contribution in [0, 0.1) is 0 Å². The van der Waals surface area contributed by atoms with Crippen molar-refractivity contribution in [1.29, 1.82) is 0 Å². The predicted octanol–water partition coefficient (Wildman–Crippen LogP) is 2.36. The van der Waals surface area contributed by atoms with Gasteiger partial charge in [0.2, 0.25) is 0 Å². The summed E-state index contributed by atoms with van der Waals surface area (Å²) in [6.07, 6.45) is 1.99. The third-order valence-electron chi connectivity index (χ3n) is 2.68. The molecule has 5 heteroatoms. The Labute approximate surface area is 115 Å². The first-order valence-electron chi connectivity index (χ1n) is 5.43. The van der Waals surface area contributed by atoms with Gasteiger partial charge in [0.1, 0.15) is 5.75 Å². The van der Waals surface area contributed by atoms with Gasteiger partial charge in [0, 0.05) is 22.3 Å². The monoisotopic (exact) mass is 319 g/mol. The van der Waals surface area contributed by atoms with Crippen LogP contribution in [-0.4, -0.2) is 34.4 Å². The molecule has 0 saturated carbocycles. The first-order chi connectivity index (χ1) is 8.08. The van der Waals surface area contributed by atoms with Crippen LogP contribution in [0.1, 0.15) is 12.5 Å². The van der Waals surface area contributed by atoms with Crippen molar-refractivity contribution in [3.8, 4) is 5.75 Å². The average Bonchev–Trinajstić information content (AvgIpc) is 2.32. The molecule has 1 aromatic carbocycles. The molecule has 1 aromatic rings. The van der Waals surface area contributed by atoms with E-state index in [1.54, 1.807) is 23.9 Å². The number of phenolic OH excluding ortho intramolecular Hbond substituents is 1. The highest BCUT2D eigenvalue weighted by Crippen LogP contribution is 2.22. The Morgan fingerprint density at radius 3 is 2.76 bits per heavy atom. The average molecular weight is 320 g/mol. The van der Waals surface area contributed by atoms with Gasteiger partial charge in [-0.05, 0) is 36.9 Å². The normalized spacial score (nSPS) is 14.6. The topological polar surface area (TPSA) is 52.5 Å². The standard InChI is InChI=1S/C12H18BrNO2S/c1-8(12(7-15)17-2)14-6-9-5-10(16)3-4-11(9)13/h3-5,8,12,14-16H,6-7H2,1-2H3. The first kappa shape index (κ1) is 14.8. The minimum atomic E-state index is 0.163. The lowest BCUT2D eigenvalue weighted by molar-refractivity contribution is 0.275. The van der Waals surface area contributed by atoms with Crippen LogP contribution in [-0.2, 0) is 6.54 Å². The molecule has 0 spiro atoms. The number of hydrogen-bond donors (Lipinski definition) is 3. The lowest BCUT2D eigenvalue weighted by Crippen LogP contribution is -2.37. The van der Waals surface area contributed by atoms with E-state index in [0.717, 1.165) is 10.0 Å². The summed E-state index contributed by atoms with van der Waals surface area (Å²) in [4.78, 5) is 0. The van der Waals surface area contributed by atoms with Crippen LogP contribution in [0.5, 0.6) is 5.75 Å². The molecule has 0 aromatic heterocycles. The third kappa shape index (κ3) is 4.50. The number of benzene rings is 1. The summed E-state index contributed by atoms with van der Waals surface area (Å²) >= 11 is 5.09. The van der Waals surface area contributed by atoms with Crippen molar-refractivity contribution in [3.63, 3.8) is 0 Å². The van der Waals surface area contributed by atoms with Gasteiger partial charge in [0.25, 0.3) is 0 Å². The zero-order chi connectivity index (χ0) is 12.8. The Morgan fingerprint density at radius 1 is 1.47 bits per heavy atom. The fraction of sp³-hybridized carbons (Fsp3) is 0.500. The third-order valence-corrected chi connectivity index (χ3v) is 4.62. The van der Waals surface area contributed by atoms with Gasteiger partial charge in [-0.2, -0.15) is 11.8 Å². The minimum Gasteiger partial charge on any atom is -0.508 e. The van der Waals surface area contributed by atoms with Gasteiger partial charge in [0.05, 0.1) is 6.61 Å². The summed E-state index contributed by atoms with van der Waals surface area (Å²) in [6.45, 7) is 2.87. The van der Waals surface area contributed by atoms with Gasteiger partial charge < -0.3 is 15.5 Å². The number of nitrogens with one attached hydrogen (secondary N) is 1. The van der Waals surface area contributed by atoms with Crippen LogP contribution >= 0.6 is 27.7 Å². The Bertz CT molecular complexity index is 358. The van der Waals surface area contributed by atoms with Crippen molar-refractivity contribution in [2.24, 2.45) is 0 Å². The number of hydrogen-bond acceptors (Lipinski definition) is 4. The van der Waals surface area contributed by atoms with Gasteiger partial charge >= 0.3 is 0 Å². The van der Waals surface area contributed by atoms with E-state index in [9.17, 15) is 10.2 Å². The van der Waals surface area contributed by atoms with E-state index in [1.165, 1.54) is 0 Å². The highest BCUT2D eigenvalue weighted by molar-refractivity contribution is 9.10. The van der Waals surface area contributed by atoms with Crippen LogP contribution in [0.15, 0.2) is 22.7 Å². The largest absolute Gasteiger partial charge is 0.508 e. The quantitative estimate of drug-likeness (QED) is 0.753. The van der Waals surface area contributed by atoms with E-state index >= 15 is 0 Å². The second-order valence-electron chi connectivity index (χ2n) is 3.90. The Balaban J connectivity index is 2.57. The van der Waals surface area contributed by atoms with Crippen molar-refractivity contribution >= 4 is 27.7 Å². The molecule has 96 valence electrons. The molecule has 0 aliphatic carbocycles. The summed E-state index contributed by atoms with van der Waals surface area (Å²) in [5, 5.41) is 22.1. The molecule has 0 aliphatic heterocycles. The minimum absolute atomic E-state index is 0.163. The van der Waals surface area contributed by atoms with Crippen molar-refractivity contribution in [3.05, 3.63) is 28.2 Å². The number of halogens is 1. The highest BCUT2D eigenvalue weighted by Gasteiger charge is 2.14. The molecule has 1 rings (SSSR count). The molecule has 3 nitrogen and oxygen atoms in total. The zero-order valence-electron chi connectivity index (χ0n) is 9.98. The fourth-order valence-corrected chi connectivity index (χ4v) is 2.58. The highest BCUT2D eigenvalue weighted by atomic mass is 79.9. The molecular formula is C12H18BrNO2S. The van der Waals surface area contributed by atoms with E-state index in [-0.39, 0.29) is 23.6 Å². The lowest BCUT2D eigenvalue weighted by Gasteiger charge is -2.21. The van der Waals surface area contributed by atoms with Gasteiger partial charge in [-0.15, -0.1) is 0 Å². The fourth-order valence-electron chi connectivity index (χ4n) is 1.54. The molecule has 0 radical (unpaired) electrons. The van der Waals surface area contributed by atoms with E-state index < -0.39 is 0 Å². The number of aromatic hydroxyl groups is 1. The number of aliphatic hydroxyl groups excluding tert-OH is 1. The molecule has 0 bridgehead atoms. The van der Waals surface area contributed by atoms with Crippen molar-refractivity contribution in [1.82, 2.24) is 5.32 Å². The second kappa shape index (κ2) is 7.26. The Kier molecular flexibility index (Phi) is 6.33. The van der Waals surface area contributed by atoms with E-state index in [0.29, 0.717) is 6.54 Å². The molecule has 17 heavy (non-hydrogen) atoms. The summed E-state index contributed by atoms with van der Waals surface area (Å²) in [7, 11) is 0. The molecule has 0 heterocycles. The molecule has 2 unspecified atom stereocenters. The van der Waals surface area contributed by atoms with Gasteiger partial charge in [-0.3, -0.25) is 0 Å². The zero-order valence-corrected chi connectivity index (χ0v) is 12.4. The molecule has 0 saturated heterocycles. The van der Waals surface area contributed by atoms with Crippen LogP contribution in [0.4, 0.5) is 0 Å². The summed E-state index contributed by atoms with van der Waals surface area (Å²) in [5.41, 5.74) is 1.01. The van der Waals surface area contributed by atoms with E-state index in [2.05, 4.69) is 21.2 Å². The number of rotatable bonds is 6. The molecule has 2 atom stereocenters. The lowest BCUT2D eigenvalue weighted by atomic mass is 10.2. The van der Waals surface area contributed by atoms with Gasteiger partial charge in [-0.1, -0.05) is 15.9 Å². The molecule has 0 fully saturated rings. The van der Waals surface area contributed by atoms with Crippen LogP contribution in [0.25, 0.3) is 0 Å². The Hall–Kier alpha value is -0.230. The second-order valence-corrected chi connectivity index (χ2v) is 5.83. The maximum atomic E-state index is 9.41. The predicted molar refractivity (Wildman–Crippen MR) is 76.5 cm³/mol. The SMILES string of the molecule is CSC(CO)C(C)NCc1cc(O)ccc1Br. The van der Waals surface area contributed by atoms with Crippen LogP contribution < -0.4 is 5.32 Å². The van der Waals surface area contributed by atoms with Crippen LogP contribution in [0.3, 0.4) is 0 Å². The Morgan fingerprint density at radius 2 is 2.18 bits per heavy atom. The summed E-state index contributed by atoms with van der Waals surface area (Å²) < 4.78 is 0.972. The smallest absolute Gasteiger partial charge is 0.115 e. The number of aliphatic hydroxyl groups is 1. The molecule has 0 aliphatic rings. The van der Waals surface area contributed by atoms with Crippen molar-refractivity contribution in [2.45, 2.75) is 24.8 Å². The maximum absolute atomic E-state index is 9.41. The summed E-state index contributed by atoms with van der Waals surface area (Å²) in [6, 6.07) is 5.42. The number of phenols is 1. The van der Waals surface area contributed by atoms with Gasteiger partial charge in [0.15, 0.2) is 0 Å². The van der Waals surface area contributed by atoms with E-state index in [4.69, 9.17) is 0 Å². The van der Waals surface area contributed by atoms with Crippen LogP contribution in [0.2, 0.25) is 0 Å². The first-order valence-corrected chi connectivity index (χ1v) is 7.51. The van der Waals surface area contributed by atoms with Gasteiger partial charge in [-0.25, -0.2) is 0 Å². The summed E-state index contributed by atoms with van der Waals surface area (Å²) in [5.74, 6) is 0.265. The molecular weight excluding hydrogens is 302 g/mol. The van der Waals surface area contributed by atoms with Crippen molar-refractivity contribution in [2.75, 3.05) is 12.9 Å². The van der Waals surface area contributed by atoms with Crippen molar-refractivity contribution < 1.29 is 10.2 Å². The molecule has 0 amide bonds. The number of thioether (sulfide) groups is 1. The van der Waals surface area contributed by atoms with E-state index in [1.807, 2.05) is 19.2 Å². The molecule has 3 N–H and O–H groups in total. The maximum Gasteiger partial charge on any atom is 0.115 e.